The first-order valence-electron chi connectivity index (χ1n) is 9.49. The Labute approximate surface area is 173 Å². The quantitative estimate of drug-likeness (QED) is 0.722. The third-order valence-corrected chi connectivity index (χ3v) is 5.68. The molecule has 2 aromatic rings. The Bertz CT molecular complexity index is 904. The molecule has 3 atom stereocenters. The molecule has 29 heavy (non-hydrogen) atoms. The molecular formula is C20H24ClFN4O3. The van der Waals surface area contributed by atoms with Gasteiger partial charge in [-0.05, 0) is 23.6 Å². The van der Waals surface area contributed by atoms with Crippen molar-refractivity contribution in [3.8, 4) is 0 Å². The molecule has 0 bridgehead atoms. The number of carbonyl (C=O) groups is 2. The van der Waals surface area contributed by atoms with Crippen LogP contribution >= 0.6 is 11.6 Å². The van der Waals surface area contributed by atoms with Crippen molar-refractivity contribution in [1.29, 1.82) is 0 Å². The molecule has 1 aromatic carbocycles. The molecule has 2 N–H and O–H groups in total. The van der Waals surface area contributed by atoms with Gasteiger partial charge in [-0.3, -0.25) is 0 Å². The molecule has 156 valence electrons. The lowest BCUT2D eigenvalue weighted by molar-refractivity contribution is -0.144. The predicted molar refractivity (Wildman–Crippen MR) is 106 cm³/mol. The van der Waals surface area contributed by atoms with E-state index >= 15 is 0 Å². The summed E-state index contributed by atoms with van der Waals surface area (Å²) in [5.74, 6) is -1.13. The molecule has 0 fully saturated rings. The van der Waals surface area contributed by atoms with Gasteiger partial charge in [0, 0.05) is 18.7 Å². The van der Waals surface area contributed by atoms with Gasteiger partial charge in [0.25, 0.3) is 0 Å². The van der Waals surface area contributed by atoms with Crippen LogP contribution in [0.3, 0.4) is 0 Å². The SMILES string of the molecule is CC[C@H](C)[C@H](NC(=O)N1CCc2[nH]cnc2[C@H]1c1ccc(F)c(Cl)c1)C(=O)OC. The van der Waals surface area contributed by atoms with Gasteiger partial charge in [0.1, 0.15) is 17.9 Å². The Kier molecular flexibility index (Phi) is 6.42. The number of carbonyl (C=O) groups excluding carboxylic acids is 2. The smallest absolute Gasteiger partial charge is 0.328 e. The van der Waals surface area contributed by atoms with E-state index < -0.39 is 29.9 Å². The van der Waals surface area contributed by atoms with E-state index in [1.54, 1.807) is 17.3 Å². The van der Waals surface area contributed by atoms with Crippen LogP contribution in [0.5, 0.6) is 0 Å². The number of fused-ring (bicyclic) bond motifs is 1. The average molecular weight is 423 g/mol. The molecule has 7 nitrogen and oxygen atoms in total. The molecular weight excluding hydrogens is 399 g/mol. The number of H-pyrrole nitrogens is 1. The number of hydrogen-bond donors (Lipinski definition) is 2. The van der Waals surface area contributed by atoms with Gasteiger partial charge in [-0.25, -0.2) is 19.0 Å². The Balaban J connectivity index is 1.94. The molecule has 0 aliphatic carbocycles. The van der Waals surface area contributed by atoms with Crippen LogP contribution in [-0.4, -0.2) is 46.6 Å². The molecule has 0 saturated carbocycles. The van der Waals surface area contributed by atoms with Gasteiger partial charge in [0.2, 0.25) is 0 Å². The molecule has 3 rings (SSSR count). The van der Waals surface area contributed by atoms with Crippen molar-refractivity contribution in [2.45, 2.75) is 38.8 Å². The number of hydrogen-bond acceptors (Lipinski definition) is 4. The fraction of sp³-hybridized carbons (Fsp3) is 0.450. The van der Waals surface area contributed by atoms with Crippen LogP contribution in [0.15, 0.2) is 24.5 Å². The van der Waals surface area contributed by atoms with Gasteiger partial charge in [-0.15, -0.1) is 0 Å². The number of methoxy groups -OCH3 is 1. The number of nitrogens with one attached hydrogen (secondary N) is 2. The normalized spacial score (nSPS) is 18.0. The molecule has 1 aromatic heterocycles. The minimum absolute atomic E-state index is 0.0300. The van der Waals surface area contributed by atoms with Crippen molar-refractivity contribution in [2.24, 2.45) is 5.92 Å². The summed E-state index contributed by atoms with van der Waals surface area (Å²) in [6, 6.07) is 2.61. The van der Waals surface area contributed by atoms with E-state index in [0.29, 0.717) is 30.6 Å². The lowest BCUT2D eigenvalue weighted by Crippen LogP contribution is -2.53. The number of ether oxygens (including phenoxy) is 1. The topological polar surface area (TPSA) is 87.3 Å². The Morgan fingerprint density at radius 2 is 2.24 bits per heavy atom. The average Bonchev–Trinajstić information content (AvgIpc) is 3.20. The summed E-state index contributed by atoms with van der Waals surface area (Å²) in [5, 5.41) is 2.77. The second-order valence-corrected chi connectivity index (χ2v) is 7.53. The second kappa shape index (κ2) is 8.82. The number of halogens is 2. The summed E-state index contributed by atoms with van der Waals surface area (Å²) in [7, 11) is 1.30. The first-order chi connectivity index (χ1) is 13.9. The van der Waals surface area contributed by atoms with E-state index in [1.807, 2.05) is 13.8 Å². The monoisotopic (exact) mass is 422 g/mol. The highest BCUT2D eigenvalue weighted by Crippen LogP contribution is 2.35. The maximum atomic E-state index is 13.7. The van der Waals surface area contributed by atoms with Crippen molar-refractivity contribution in [3.05, 3.63) is 52.3 Å². The van der Waals surface area contributed by atoms with Crippen LogP contribution in [0, 0.1) is 11.7 Å². The molecule has 0 radical (unpaired) electrons. The fourth-order valence-corrected chi connectivity index (χ4v) is 3.72. The number of esters is 1. The molecule has 0 unspecified atom stereocenters. The Hall–Kier alpha value is -2.61. The number of imidazole rings is 1. The lowest BCUT2D eigenvalue weighted by Gasteiger charge is -2.36. The highest BCUT2D eigenvalue weighted by molar-refractivity contribution is 6.30. The van der Waals surface area contributed by atoms with E-state index in [-0.39, 0.29) is 10.9 Å². The number of benzene rings is 1. The lowest BCUT2D eigenvalue weighted by atomic mass is 9.95. The molecule has 0 saturated heterocycles. The van der Waals surface area contributed by atoms with Gasteiger partial charge in [0.05, 0.1) is 24.2 Å². The van der Waals surface area contributed by atoms with E-state index in [2.05, 4.69) is 15.3 Å². The highest BCUT2D eigenvalue weighted by atomic mass is 35.5. The number of aromatic nitrogens is 2. The zero-order valence-electron chi connectivity index (χ0n) is 16.5. The zero-order valence-corrected chi connectivity index (χ0v) is 17.3. The van der Waals surface area contributed by atoms with Crippen molar-refractivity contribution < 1.29 is 18.7 Å². The van der Waals surface area contributed by atoms with Crippen molar-refractivity contribution in [3.63, 3.8) is 0 Å². The summed E-state index contributed by atoms with van der Waals surface area (Å²) in [4.78, 5) is 34.4. The largest absolute Gasteiger partial charge is 0.467 e. The second-order valence-electron chi connectivity index (χ2n) is 7.12. The molecule has 2 heterocycles. The van der Waals surface area contributed by atoms with Crippen molar-refractivity contribution >= 4 is 23.6 Å². The van der Waals surface area contributed by atoms with E-state index in [0.717, 1.165) is 5.69 Å². The Morgan fingerprint density at radius 1 is 1.48 bits per heavy atom. The fourth-order valence-electron chi connectivity index (χ4n) is 3.53. The molecule has 0 spiro atoms. The van der Waals surface area contributed by atoms with Crippen LogP contribution in [-0.2, 0) is 16.0 Å². The van der Waals surface area contributed by atoms with Gasteiger partial charge < -0.3 is 19.9 Å². The third kappa shape index (κ3) is 4.22. The van der Waals surface area contributed by atoms with Crippen molar-refractivity contribution in [1.82, 2.24) is 20.2 Å². The van der Waals surface area contributed by atoms with Gasteiger partial charge in [0.15, 0.2) is 0 Å². The van der Waals surface area contributed by atoms with Gasteiger partial charge >= 0.3 is 12.0 Å². The van der Waals surface area contributed by atoms with E-state index in [9.17, 15) is 14.0 Å². The van der Waals surface area contributed by atoms with Crippen LogP contribution in [0.1, 0.15) is 43.3 Å². The molecule has 1 aliphatic heterocycles. The van der Waals surface area contributed by atoms with Crippen molar-refractivity contribution in [2.75, 3.05) is 13.7 Å². The standard InChI is InChI=1S/C20H24ClFN4O3/c1-4-11(2)16(19(27)29-3)25-20(28)26-8-7-15-17(24-10-23-15)18(26)12-5-6-14(22)13(21)9-12/h5-6,9-11,16,18H,4,7-8H2,1-3H3,(H,23,24)(H,25,28)/t11-,16-,18+/m0/s1. The number of amides is 2. The van der Waals surface area contributed by atoms with Gasteiger partial charge in [-0.2, -0.15) is 0 Å². The number of nitrogens with zero attached hydrogens (tertiary/aromatic N) is 2. The van der Waals surface area contributed by atoms with Gasteiger partial charge in [-0.1, -0.05) is 37.9 Å². The zero-order chi connectivity index (χ0) is 21.1. The van der Waals surface area contributed by atoms with E-state index in [1.165, 1.54) is 19.2 Å². The number of aromatic amines is 1. The number of urea groups is 1. The highest BCUT2D eigenvalue weighted by Gasteiger charge is 2.37. The summed E-state index contributed by atoms with van der Waals surface area (Å²) in [6.45, 7) is 4.21. The molecule has 1 aliphatic rings. The first kappa shape index (κ1) is 21.1. The third-order valence-electron chi connectivity index (χ3n) is 5.39. The predicted octanol–water partition coefficient (Wildman–Crippen LogP) is 3.45. The minimum atomic E-state index is -0.768. The first-order valence-corrected chi connectivity index (χ1v) is 9.87. The van der Waals surface area contributed by atoms with E-state index in [4.69, 9.17) is 16.3 Å². The van der Waals surface area contributed by atoms with Crippen LogP contribution in [0.2, 0.25) is 5.02 Å². The molecule has 9 heteroatoms. The maximum absolute atomic E-state index is 13.7. The Morgan fingerprint density at radius 3 is 2.90 bits per heavy atom. The summed E-state index contributed by atoms with van der Waals surface area (Å²) < 4.78 is 18.5. The van der Waals surface area contributed by atoms with Crippen LogP contribution in [0.25, 0.3) is 0 Å². The summed E-state index contributed by atoms with van der Waals surface area (Å²) in [6.07, 6.45) is 2.85. The van der Waals surface area contributed by atoms with Crippen LogP contribution in [0.4, 0.5) is 9.18 Å². The minimum Gasteiger partial charge on any atom is -0.467 e. The maximum Gasteiger partial charge on any atom is 0.328 e. The summed E-state index contributed by atoms with van der Waals surface area (Å²) >= 11 is 5.98. The summed E-state index contributed by atoms with van der Waals surface area (Å²) in [5.41, 5.74) is 2.22. The van der Waals surface area contributed by atoms with Crippen LogP contribution < -0.4 is 5.32 Å². The number of rotatable bonds is 5. The molecule has 2 amide bonds.